The lowest BCUT2D eigenvalue weighted by atomic mass is 10.2. The summed E-state index contributed by atoms with van der Waals surface area (Å²) < 4.78 is 10.7. The van der Waals surface area contributed by atoms with Gasteiger partial charge in [-0.1, -0.05) is 23.7 Å². The van der Waals surface area contributed by atoms with Gasteiger partial charge in [-0.05, 0) is 60.7 Å². The highest BCUT2D eigenvalue weighted by atomic mass is 35.5. The number of ether oxygens (including phenoxy) is 2. The predicted octanol–water partition coefficient (Wildman–Crippen LogP) is 4.64. The summed E-state index contributed by atoms with van der Waals surface area (Å²) >= 11 is 7.29. The van der Waals surface area contributed by atoms with E-state index in [1.807, 2.05) is 37.3 Å². The Kier molecular flexibility index (Phi) is 5.85. The molecule has 0 radical (unpaired) electrons. The van der Waals surface area contributed by atoms with Gasteiger partial charge < -0.3 is 14.8 Å². The molecule has 1 fully saturated rings. The van der Waals surface area contributed by atoms with Crippen LogP contribution in [0, 0.1) is 0 Å². The number of hydrogen-bond donors (Lipinski definition) is 1. The molecule has 1 aliphatic rings. The van der Waals surface area contributed by atoms with E-state index in [4.69, 9.17) is 21.1 Å². The first-order valence-corrected chi connectivity index (χ1v) is 9.14. The van der Waals surface area contributed by atoms with Gasteiger partial charge in [0, 0.05) is 5.02 Å². The molecule has 0 aromatic heterocycles. The molecule has 0 aliphatic carbocycles. The van der Waals surface area contributed by atoms with Crippen LogP contribution in [0.2, 0.25) is 5.02 Å². The fourth-order valence-corrected chi connectivity index (χ4v) is 3.32. The van der Waals surface area contributed by atoms with Gasteiger partial charge in [-0.15, -0.1) is 0 Å². The Hall–Kier alpha value is -2.44. The van der Waals surface area contributed by atoms with Gasteiger partial charge in [0.1, 0.15) is 17.2 Å². The summed E-state index contributed by atoms with van der Waals surface area (Å²) in [4.78, 5) is 17.2. The second kappa shape index (κ2) is 8.29. The van der Waals surface area contributed by atoms with Crippen LogP contribution < -0.4 is 14.8 Å². The lowest BCUT2D eigenvalue weighted by Crippen LogP contribution is -2.19. The average molecular weight is 389 g/mol. The van der Waals surface area contributed by atoms with Crippen LogP contribution >= 0.6 is 23.4 Å². The Labute approximate surface area is 161 Å². The second-order valence-electron chi connectivity index (χ2n) is 5.30. The van der Waals surface area contributed by atoms with Gasteiger partial charge in [-0.25, -0.2) is 4.99 Å². The quantitative estimate of drug-likeness (QED) is 0.758. The molecule has 0 saturated carbocycles. The van der Waals surface area contributed by atoms with Crippen molar-refractivity contribution in [1.29, 1.82) is 0 Å². The van der Waals surface area contributed by atoms with E-state index in [1.165, 1.54) is 11.8 Å². The van der Waals surface area contributed by atoms with Gasteiger partial charge in [0.05, 0.1) is 18.6 Å². The number of nitrogens with one attached hydrogen (secondary N) is 1. The Morgan fingerprint density at radius 2 is 2.00 bits per heavy atom. The third kappa shape index (κ3) is 4.39. The van der Waals surface area contributed by atoms with Crippen molar-refractivity contribution in [2.24, 2.45) is 4.99 Å². The minimum Gasteiger partial charge on any atom is -0.494 e. The van der Waals surface area contributed by atoms with Crippen LogP contribution in [0.15, 0.2) is 52.4 Å². The standard InChI is InChI=1S/C19H17ClN2O3S/c1-3-25-14-7-4-12(5-8-14)10-17-18(23)22-19(26-17)21-15-11-13(20)6-9-16(15)24-2/h4-11H,3H2,1-2H3,(H,21,22,23)/b17-10-. The largest absolute Gasteiger partial charge is 0.494 e. The van der Waals surface area contributed by atoms with E-state index in [0.29, 0.717) is 33.1 Å². The Morgan fingerprint density at radius 3 is 2.69 bits per heavy atom. The van der Waals surface area contributed by atoms with Crippen molar-refractivity contribution in [3.05, 3.63) is 58.0 Å². The van der Waals surface area contributed by atoms with E-state index in [1.54, 1.807) is 25.3 Å². The van der Waals surface area contributed by atoms with Crippen LogP contribution in [0.3, 0.4) is 0 Å². The molecule has 0 spiro atoms. The SMILES string of the molecule is CCOc1ccc(/C=C2\SC(=Nc3cc(Cl)ccc3OC)NC2=O)cc1. The van der Waals surface area contributed by atoms with Gasteiger partial charge in [0.15, 0.2) is 5.17 Å². The van der Waals surface area contributed by atoms with E-state index in [-0.39, 0.29) is 5.91 Å². The zero-order valence-electron chi connectivity index (χ0n) is 14.3. The highest BCUT2D eigenvalue weighted by Crippen LogP contribution is 2.34. The van der Waals surface area contributed by atoms with Crippen molar-refractivity contribution in [2.75, 3.05) is 13.7 Å². The number of thioether (sulfide) groups is 1. The zero-order chi connectivity index (χ0) is 18.5. The predicted molar refractivity (Wildman–Crippen MR) is 106 cm³/mol. The summed E-state index contributed by atoms with van der Waals surface area (Å²) in [6.07, 6.45) is 1.81. The monoisotopic (exact) mass is 388 g/mol. The Balaban J connectivity index is 1.81. The molecule has 2 aromatic rings. The maximum atomic E-state index is 12.2. The first-order valence-electron chi connectivity index (χ1n) is 7.95. The van der Waals surface area contributed by atoms with Crippen LogP contribution in [0.5, 0.6) is 11.5 Å². The lowest BCUT2D eigenvalue weighted by molar-refractivity contribution is -0.115. The van der Waals surface area contributed by atoms with Gasteiger partial charge >= 0.3 is 0 Å². The highest BCUT2D eigenvalue weighted by Gasteiger charge is 2.24. The molecule has 3 rings (SSSR count). The van der Waals surface area contributed by atoms with Crippen molar-refractivity contribution in [3.8, 4) is 11.5 Å². The maximum Gasteiger partial charge on any atom is 0.264 e. The first-order chi connectivity index (χ1) is 12.6. The number of aliphatic imine (C=N–C) groups is 1. The normalized spacial score (nSPS) is 16.8. The number of carbonyl (C=O) groups excluding carboxylic acids is 1. The molecule has 0 bridgehead atoms. The van der Waals surface area contributed by atoms with E-state index in [0.717, 1.165) is 11.3 Å². The Bertz CT molecular complexity index is 879. The van der Waals surface area contributed by atoms with Crippen molar-refractivity contribution in [2.45, 2.75) is 6.92 Å². The fourth-order valence-electron chi connectivity index (χ4n) is 2.32. The topological polar surface area (TPSA) is 59.9 Å². The molecular formula is C19H17ClN2O3S. The van der Waals surface area contributed by atoms with Gasteiger partial charge in [0.2, 0.25) is 0 Å². The Morgan fingerprint density at radius 1 is 1.23 bits per heavy atom. The summed E-state index contributed by atoms with van der Waals surface area (Å²) in [5.74, 6) is 1.19. The van der Waals surface area contributed by atoms with Crippen LogP contribution in [-0.4, -0.2) is 24.8 Å². The van der Waals surface area contributed by atoms with Gasteiger partial charge in [-0.3, -0.25) is 4.79 Å². The van der Waals surface area contributed by atoms with Crippen molar-refractivity contribution in [3.63, 3.8) is 0 Å². The molecule has 1 N–H and O–H groups in total. The molecule has 0 atom stereocenters. The van der Waals surface area contributed by atoms with E-state index < -0.39 is 0 Å². The van der Waals surface area contributed by atoms with E-state index >= 15 is 0 Å². The molecule has 1 heterocycles. The molecule has 26 heavy (non-hydrogen) atoms. The number of nitrogens with zero attached hydrogens (tertiary/aromatic N) is 1. The summed E-state index contributed by atoms with van der Waals surface area (Å²) in [6, 6.07) is 12.7. The summed E-state index contributed by atoms with van der Waals surface area (Å²) in [5, 5.41) is 3.78. The van der Waals surface area contributed by atoms with E-state index in [2.05, 4.69) is 10.3 Å². The van der Waals surface area contributed by atoms with Crippen LogP contribution in [0.25, 0.3) is 6.08 Å². The lowest BCUT2D eigenvalue weighted by Gasteiger charge is -2.05. The number of halogens is 1. The van der Waals surface area contributed by atoms with Crippen LogP contribution in [0.4, 0.5) is 5.69 Å². The molecular weight excluding hydrogens is 372 g/mol. The highest BCUT2D eigenvalue weighted by molar-refractivity contribution is 8.18. The second-order valence-corrected chi connectivity index (χ2v) is 6.77. The molecule has 134 valence electrons. The summed E-state index contributed by atoms with van der Waals surface area (Å²) in [5.41, 5.74) is 1.47. The molecule has 2 aromatic carbocycles. The smallest absolute Gasteiger partial charge is 0.264 e. The average Bonchev–Trinajstić information content (AvgIpc) is 2.96. The van der Waals surface area contributed by atoms with Gasteiger partial charge in [0.25, 0.3) is 5.91 Å². The van der Waals surface area contributed by atoms with Crippen LogP contribution in [-0.2, 0) is 4.79 Å². The zero-order valence-corrected chi connectivity index (χ0v) is 15.9. The summed E-state index contributed by atoms with van der Waals surface area (Å²) in [7, 11) is 1.56. The molecule has 1 aliphatic heterocycles. The number of benzene rings is 2. The number of methoxy groups -OCH3 is 1. The number of rotatable bonds is 5. The van der Waals surface area contributed by atoms with Gasteiger partial charge in [-0.2, -0.15) is 0 Å². The van der Waals surface area contributed by atoms with Crippen molar-refractivity contribution in [1.82, 2.24) is 5.32 Å². The molecule has 1 amide bonds. The molecule has 5 nitrogen and oxygen atoms in total. The van der Waals surface area contributed by atoms with Crippen molar-refractivity contribution >= 4 is 46.2 Å². The summed E-state index contributed by atoms with van der Waals surface area (Å²) in [6.45, 7) is 2.55. The first kappa shape index (κ1) is 18.4. The number of hydrogen-bond acceptors (Lipinski definition) is 5. The van der Waals surface area contributed by atoms with Crippen LogP contribution in [0.1, 0.15) is 12.5 Å². The number of carbonyl (C=O) groups is 1. The fraction of sp³-hybridized carbons (Fsp3) is 0.158. The number of amidine groups is 1. The maximum absolute atomic E-state index is 12.2. The number of amides is 1. The molecule has 1 saturated heterocycles. The molecule has 7 heteroatoms. The minimum absolute atomic E-state index is 0.191. The third-order valence-corrected chi connectivity index (χ3v) is 4.65. The van der Waals surface area contributed by atoms with E-state index in [9.17, 15) is 4.79 Å². The van der Waals surface area contributed by atoms with Crippen molar-refractivity contribution < 1.29 is 14.3 Å². The minimum atomic E-state index is -0.191. The third-order valence-electron chi connectivity index (χ3n) is 3.50. The molecule has 0 unspecified atom stereocenters.